The van der Waals surface area contributed by atoms with Gasteiger partial charge in [-0.05, 0) is 37.0 Å². The van der Waals surface area contributed by atoms with Gasteiger partial charge in [0.1, 0.15) is 5.82 Å². The molecule has 1 aliphatic carbocycles. The molecule has 0 radical (unpaired) electrons. The third-order valence-electron chi connectivity index (χ3n) is 4.22. The Morgan fingerprint density at radius 3 is 2.74 bits per heavy atom. The van der Waals surface area contributed by atoms with E-state index in [2.05, 4.69) is 15.6 Å². The molecule has 1 saturated carbocycles. The fraction of sp³-hybridized carbons (Fsp3) is 0.588. The predicted molar refractivity (Wildman–Crippen MR) is 94.5 cm³/mol. The highest BCUT2D eigenvalue weighted by molar-refractivity contribution is 7.85. The summed E-state index contributed by atoms with van der Waals surface area (Å²) >= 11 is 0. The van der Waals surface area contributed by atoms with E-state index in [0.29, 0.717) is 17.8 Å². The van der Waals surface area contributed by atoms with E-state index in [-0.39, 0.29) is 5.82 Å². The molecule has 4 nitrogen and oxygen atoms in total. The number of guanidine groups is 1. The maximum Gasteiger partial charge on any atom is 0.191 e. The van der Waals surface area contributed by atoms with E-state index in [4.69, 9.17) is 0 Å². The topological polar surface area (TPSA) is 53.5 Å². The first kappa shape index (κ1) is 17.9. The van der Waals surface area contributed by atoms with E-state index in [0.717, 1.165) is 43.0 Å². The van der Waals surface area contributed by atoms with Gasteiger partial charge in [0.15, 0.2) is 5.96 Å². The van der Waals surface area contributed by atoms with Crippen LogP contribution < -0.4 is 10.6 Å². The van der Waals surface area contributed by atoms with Gasteiger partial charge in [0.25, 0.3) is 0 Å². The molecule has 1 aliphatic rings. The smallest absolute Gasteiger partial charge is 0.191 e. The zero-order valence-electron chi connectivity index (χ0n) is 13.8. The highest BCUT2D eigenvalue weighted by atomic mass is 32.2. The maximum absolute atomic E-state index is 12.9. The Kier molecular flexibility index (Phi) is 7.02. The number of nitrogens with one attached hydrogen (secondary N) is 2. The van der Waals surface area contributed by atoms with Crippen LogP contribution in [0.4, 0.5) is 4.39 Å². The number of hydrogen-bond donors (Lipinski definition) is 2. The summed E-state index contributed by atoms with van der Waals surface area (Å²) < 4.78 is 24.9. The summed E-state index contributed by atoms with van der Waals surface area (Å²) in [5, 5.41) is 6.97. The molecule has 0 spiro atoms. The third-order valence-corrected chi connectivity index (χ3v) is 5.96. The number of halogens is 1. The van der Waals surface area contributed by atoms with E-state index in [1.54, 1.807) is 19.2 Å². The molecule has 0 amide bonds. The molecule has 128 valence electrons. The van der Waals surface area contributed by atoms with Gasteiger partial charge in [-0.25, -0.2) is 4.39 Å². The number of benzene rings is 1. The van der Waals surface area contributed by atoms with E-state index >= 15 is 0 Å². The van der Waals surface area contributed by atoms with Gasteiger partial charge in [0, 0.05) is 41.4 Å². The van der Waals surface area contributed by atoms with E-state index < -0.39 is 10.8 Å². The Labute approximate surface area is 140 Å². The first-order chi connectivity index (χ1) is 11.1. The minimum absolute atomic E-state index is 0.228. The van der Waals surface area contributed by atoms with Gasteiger partial charge in [0.05, 0.1) is 0 Å². The second kappa shape index (κ2) is 9.01. The third kappa shape index (κ3) is 5.61. The standard InChI is InChI=1S/C17H26FN3OS/c1-3-23(22)16-6-4-5-15(11-16)21-17(19-2)20-12-13-7-9-14(18)10-8-13/h7-10,15-16H,3-6,11-12H2,1-2H3,(H2,19,20,21). The summed E-state index contributed by atoms with van der Waals surface area (Å²) in [6.07, 6.45) is 4.16. The Morgan fingerprint density at radius 1 is 1.35 bits per heavy atom. The molecule has 1 aromatic rings. The van der Waals surface area contributed by atoms with Gasteiger partial charge in [-0.3, -0.25) is 9.20 Å². The fourth-order valence-corrected chi connectivity index (χ4v) is 4.27. The van der Waals surface area contributed by atoms with Crippen LogP contribution in [0.15, 0.2) is 29.3 Å². The minimum Gasteiger partial charge on any atom is -0.354 e. The zero-order valence-corrected chi connectivity index (χ0v) is 14.7. The Balaban J connectivity index is 1.84. The Bertz CT molecular complexity index is 547. The van der Waals surface area contributed by atoms with Crippen LogP contribution in [-0.4, -0.2) is 34.3 Å². The van der Waals surface area contributed by atoms with Crippen molar-refractivity contribution in [1.82, 2.24) is 10.6 Å². The van der Waals surface area contributed by atoms with Crippen LogP contribution in [0.5, 0.6) is 0 Å². The largest absolute Gasteiger partial charge is 0.354 e. The second-order valence-electron chi connectivity index (χ2n) is 5.85. The van der Waals surface area contributed by atoms with Crippen LogP contribution in [-0.2, 0) is 17.3 Å². The van der Waals surface area contributed by atoms with Crippen molar-refractivity contribution >= 4 is 16.8 Å². The summed E-state index contributed by atoms with van der Waals surface area (Å²) in [4.78, 5) is 4.25. The quantitative estimate of drug-likeness (QED) is 0.640. The van der Waals surface area contributed by atoms with Gasteiger partial charge >= 0.3 is 0 Å². The predicted octanol–water partition coefficient (Wildman–Crippen LogP) is 2.57. The van der Waals surface area contributed by atoms with Gasteiger partial charge in [0.2, 0.25) is 0 Å². The van der Waals surface area contributed by atoms with Crippen LogP contribution in [0.2, 0.25) is 0 Å². The SMILES string of the molecule is CCS(=O)C1CCCC(NC(=NC)NCc2ccc(F)cc2)C1. The monoisotopic (exact) mass is 339 g/mol. The molecule has 0 bridgehead atoms. The van der Waals surface area contributed by atoms with Crippen molar-refractivity contribution in [3.8, 4) is 0 Å². The van der Waals surface area contributed by atoms with Gasteiger partial charge in [-0.1, -0.05) is 25.5 Å². The molecule has 3 unspecified atom stereocenters. The van der Waals surface area contributed by atoms with Gasteiger partial charge < -0.3 is 10.6 Å². The molecular weight excluding hydrogens is 313 g/mol. The van der Waals surface area contributed by atoms with Crippen molar-refractivity contribution in [3.63, 3.8) is 0 Å². The Hall–Kier alpha value is -1.43. The zero-order chi connectivity index (χ0) is 16.7. The Morgan fingerprint density at radius 2 is 2.09 bits per heavy atom. The number of rotatable bonds is 5. The second-order valence-corrected chi connectivity index (χ2v) is 7.86. The lowest BCUT2D eigenvalue weighted by Crippen LogP contribution is -2.46. The van der Waals surface area contributed by atoms with E-state index in [9.17, 15) is 8.60 Å². The van der Waals surface area contributed by atoms with E-state index in [1.807, 2.05) is 6.92 Å². The highest BCUT2D eigenvalue weighted by Gasteiger charge is 2.25. The number of aliphatic imine (C=N–C) groups is 1. The van der Waals surface area contributed by atoms with Crippen molar-refractivity contribution in [2.24, 2.45) is 4.99 Å². The van der Waals surface area contributed by atoms with Crippen LogP contribution in [0.25, 0.3) is 0 Å². The van der Waals surface area contributed by atoms with Crippen molar-refractivity contribution in [2.75, 3.05) is 12.8 Å². The molecule has 6 heteroatoms. The van der Waals surface area contributed by atoms with Crippen LogP contribution in [0.3, 0.4) is 0 Å². The van der Waals surface area contributed by atoms with Crippen LogP contribution >= 0.6 is 0 Å². The lowest BCUT2D eigenvalue weighted by molar-refractivity contribution is 0.413. The molecule has 0 aromatic heterocycles. The van der Waals surface area contributed by atoms with Crippen molar-refractivity contribution < 1.29 is 8.60 Å². The summed E-state index contributed by atoms with van der Waals surface area (Å²) in [5.74, 6) is 1.24. The minimum atomic E-state index is -0.722. The molecule has 0 saturated heterocycles. The highest BCUT2D eigenvalue weighted by Crippen LogP contribution is 2.22. The van der Waals surface area contributed by atoms with Gasteiger partial charge in [-0.2, -0.15) is 0 Å². The molecule has 0 aliphatic heterocycles. The average molecular weight is 339 g/mol. The lowest BCUT2D eigenvalue weighted by Gasteiger charge is -2.30. The first-order valence-corrected chi connectivity index (χ1v) is 9.59. The van der Waals surface area contributed by atoms with Crippen LogP contribution in [0, 0.1) is 5.82 Å². The summed E-state index contributed by atoms with van der Waals surface area (Å²) in [7, 11) is 1.02. The molecule has 2 rings (SSSR count). The summed E-state index contributed by atoms with van der Waals surface area (Å²) in [6, 6.07) is 6.74. The molecular formula is C17H26FN3OS. The lowest BCUT2D eigenvalue weighted by atomic mass is 9.95. The van der Waals surface area contributed by atoms with Crippen LogP contribution in [0.1, 0.15) is 38.2 Å². The first-order valence-electron chi connectivity index (χ1n) is 8.21. The molecule has 3 atom stereocenters. The fourth-order valence-electron chi connectivity index (χ4n) is 2.93. The van der Waals surface area contributed by atoms with E-state index in [1.165, 1.54) is 12.1 Å². The van der Waals surface area contributed by atoms with Crippen molar-refractivity contribution in [2.45, 2.75) is 50.4 Å². The van der Waals surface area contributed by atoms with Gasteiger partial charge in [-0.15, -0.1) is 0 Å². The molecule has 23 heavy (non-hydrogen) atoms. The molecule has 0 heterocycles. The average Bonchev–Trinajstić information content (AvgIpc) is 2.59. The van der Waals surface area contributed by atoms with Crippen molar-refractivity contribution in [3.05, 3.63) is 35.6 Å². The normalized spacial score (nSPS) is 23.3. The maximum atomic E-state index is 12.9. The number of hydrogen-bond acceptors (Lipinski definition) is 2. The van der Waals surface area contributed by atoms with Crippen molar-refractivity contribution in [1.29, 1.82) is 0 Å². The molecule has 1 fully saturated rings. The molecule has 1 aromatic carbocycles. The summed E-state index contributed by atoms with van der Waals surface area (Å²) in [5.41, 5.74) is 1.00. The molecule has 2 N–H and O–H groups in total. The number of nitrogens with zero attached hydrogens (tertiary/aromatic N) is 1. The summed E-state index contributed by atoms with van der Waals surface area (Å²) in [6.45, 7) is 2.58.